The van der Waals surface area contributed by atoms with E-state index >= 15 is 0 Å². The lowest BCUT2D eigenvalue weighted by Gasteiger charge is -2.02. The van der Waals surface area contributed by atoms with Gasteiger partial charge in [-0.05, 0) is 18.2 Å². The minimum Gasteiger partial charge on any atom is -0.495 e. The summed E-state index contributed by atoms with van der Waals surface area (Å²) in [5, 5.41) is 2.52. The molecular weight excluding hydrogens is 209 g/mol. The Morgan fingerprint density at radius 1 is 1.56 bits per heavy atom. The second-order valence-electron chi connectivity index (χ2n) is 3.06. The minimum absolute atomic E-state index is 0.152. The molecule has 0 radical (unpaired) electrons. The molecule has 0 spiro atoms. The molecule has 0 saturated heterocycles. The molecule has 0 bridgehead atoms. The zero-order valence-corrected chi connectivity index (χ0v) is 9.13. The van der Waals surface area contributed by atoms with Crippen LogP contribution < -0.4 is 10.1 Å². The van der Waals surface area contributed by atoms with Crippen LogP contribution in [0.25, 0.3) is 0 Å². The minimum atomic E-state index is -0.371. The number of ether oxygens (including phenoxy) is 1. The first-order chi connectivity index (χ1) is 7.63. The molecule has 1 aromatic carbocycles. The molecule has 1 amide bonds. The van der Waals surface area contributed by atoms with Gasteiger partial charge in [-0.1, -0.05) is 11.8 Å². The number of nitrogens with one attached hydrogen (secondary N) is 1. The van der Waals surface area contributed by atoms with E-state index in [0.717, 1.165) is 0 Å². The molecule has 0 fully saturated rings. The lowest BCUT2D eigenvalue weighted by atomic mass is 10.2. The Morgan fingerprint density at radius 2 is 2.31 bits per heavy atom. The molecule has 1 N–H and O–H groups in total. The predicted octanol–water partition coefficient (Wildman–Crippen LogP) is 1.32. The Hall–Kier alpha value is -2.02. The van der Waals surface area contributed by atoms with Crippen LogP contribution in [0.2, 0.25) is 0 Å². The molecule has 16 heavy (non-hydrogen) atoms. The van der Waals surface area contributed by atoms with Crippen LogP contribution in [0.15, 0.2) is 18.2 Å². The Morgan fingerprint density at radius 3 is 2.94 bits per heavy atom. The molecule has 0 aliphatic rings. The summed E-state index contributed by atoms with van der Waals surface area (Å²) in [5.41, 5.74) is 0.466. The standard InChI is InChI=1S/C12H12FNO2/c1-9(15)14-7-3-4-10-8-11(13)5-6-12(10)16-2/h5-6,8H,7H2,1-2H3,(H,14,15). The largest absolute Gasteiger partial charge is 0.495 e. The third kappa shape index (κ3) is 3.62. The predicted molar refractivity (Wildman–Crippen MR) is 58.5 cm³/mol. The summed E-state index contributed by atoms with van der Waals surface area (Å²) < 4.78 is 17.9. The van der Waals surface area contributed by atoms with Crippen molar-refractivity contribution in [3.8, 4) is 17.6 Å². The monoisotopic (exact) mass is 221 g/mol. The molecule has 4 heteroatoms. The molecule has 0 heterocycles. The smallest absolute Gasteiger partial charge is 0.217 e. The molecule has 1 rings (SSSR count). The molecule has 0 atom stereocenters. The van der Waals surface area contributed by atoms with Crippen molar-refractivity contribution >= 4 is 5.91 Å². The Labute approximate surface area is 93.6 Å². The van der Waals surface area contributed by atoms with Crippen LogP contribution >= 0.6 is 0 Å². The lowest BCUT2D eigenvalue weighted by molar-refractivity contribution is -0.118. The van der Waals surface area contributed by atoms with Gasteiger partial charge in [0, 0.05) is 6.92 Å². The normalized spacial score (nSPS) is 8.94. The highest BCUT2D eigenvalue weighted by atomic mass is 19.1. The highest BCUT2D eigenvalue weighted by Gasteiger charge is 2.00. The molecule has 0 unspecified atom stereocenters. The van der Waals surface area contributed by atoms with Crippen molar-refractivity contribution in [1.82, 2.24) is 5.32 Å². The molecule has 1 aromatic rings. The second-order valence-corrected chi connectivity index (χ2v) is 3.06. The van der Waals surface area contributed by atoms with Crippen LogP contribution in [0, 0.1) is 17.7 Å². The second kappa shape index (κ2) is 5.76. The number of benzene rings is 1. The molecule has 0 aromatic heterocycles. The van der Waals surface area contributed by atoms with Gasteiger partial charge in [-0.25, -0.2) is 4.39 Å². The summed E-state index contributed by atoms with van der Waals surface area (Å²) in [6.45, 7) is 1.64. The molecule has 0 aliphatic carbocycles. The lowest BCUT2D eigenvalue weighted by Crippen LogP contribution is -2.19. The molecule has 84 valence electrons. The summed E-state index contributed by atoms with van der Waals surface area (Å²) in [6.07, 6.45) is 0. The average Bonchev–Trinajstić information content (AvgIpc) is 2.24. The van der Waals surface area contributed by atoms with E-state index in [1.165, 1.54) is 32.2 Å². The van der Waals surface area contributed by atoms with Crippen molar-refractivity contribution in [2.24, 2.45) is 0 Å². The number of carbonyl (C=O) groups excluding carboxylic acids is 1. The van der Waals surface area contributed by atoms with Gasteiger partial charge in [-0.3, -0.25) is 4.79 Å². The van der Waals surface area contributed by atoms with E-state index in [4.69, 9.17) is 4.74 Å². The van der Waals surface area contributed by atoms with E-state index in [2.05, 4.69) is 17.2 Å². The van der Waals surface area contributed by atoms with Gasteiger partial charge in [0.1, 0.15) is 11.6 Å². The zero-order valence-electron chi connectivity index (χ0n) is 9.13. The fourth-order valence-electron chi connectivity index (χ4n) is 1.09. The van der Waals surface area contributed by atoms with E-state index in [1.807, 2.05) is 0 Å². The van der Waals surface area contributed by atoms with E-state index < -0.39 is 0 Å². The average molecular weight is 221 g/mol. The number of carbonyl (C=O) groups is 1. The number of hydrogen-bond acceptors (Lipinski definition) is 2. The van der Waals surface area contributed by atoms with Crippen molar-refractivity contribution in [3.05, 3.63) is 29.6 Å². The van der Waals surface area contributed by atoms with Gasteiger partial charge in [-0.15, -0.1) is 0 Å². The number of hydrogen-bond donors (Lipinski definition) is 1. The van der Waals surface area contributed by atoms with Crippen LogP contribution in [-0.4, -0.2) is 19.6 Å². The number of rotatable bonds is 2. The van der Waals surface area contributed by atoms with Crippen molar-refractivity contribution < 1.29 is 13.9 Å². The number of halogens is 1. The summed E-state index contributed by atoms with van der Waals surface area (Å²) in [5.74, 6) is 5.42. The highest BCUT2D eigenvalue weighted by Crippen LogP contribution is 2.17. The van der Waals surface area contributed by atoms with Crippen LogP contribution in [0.1, 0.15) is 12.5 Å². The summed E-state index contributed by atoms with van der Waals surface area (Å²) in [6, 6.07) is 4.11. The maximum Gasteiger partial charge on any atom is 0.217 e. The van der Waals surface area contributed by atoms with E-state index in [1.54, 1.807) is 0 Å². The Kier molecular flexibility index (Phi) is 4.34. The van der Waals surface area contributed by atoms with Crippen molar-refractivity contribution in [2.75, 3.05) is 13.7 Å². The van der Waals surface area contributed by atoms with Gasteiger partial charge in [0.2, 0.25) is 5.91 Å². The van der Waals surface area contributed by atoms with Crippen LogP contribution in [0.3, 0.4) is 0 Å². The third-order valence-electron chi connectivity index (χ3n) is 1.81. The van der Waals surface area contributed by atoms with Crippen molar-refractivity contribution in [2.45, 2.75) is 6.92 Å². The highest BCUT2D eigenvalue weighted by molar-refractivity contribution is 5.73. The molecule has 0 saturated carbocycles. The van der Waals surface area contributed by atoms with Crippen LogP contribution in [-0.2, 0) is 4.79 Å². The van der Waals surface area contributed by atoms with E-state index in [9.17, 15) is 9.18 Å². The summed E-state index contributed by atoms with van der Waals surface area (Å²) in [4.78, 5) is 10.6. The maximum atomic E-state index is 12.9. The van der Waals surface area contributed by atoms with Gasteiger partial charge in [-0.2, -0.15) is 0 Å². The van der Waals surface area contributed by atoms with Crippen LogP contribution in [0.5, 0.6) is 5.75 Å². The van der Waals surface area contributed by atoms with Gasteiger partial charge in [0.25, 0.3) is 0 Å². The van der Waals surface area contributed by atoms with Gasteiger partial charge < -0.3 is 10.1 Å². The fourth-order valence-corrected chi connectivity index (χ4v) is 1.09. The topological polar surface area (TPSA) is 38.3 Å². The van der Waals surface area contributed by atoms with Crippen molar-refractivity contribution in [1.29, 1.82) is 0 Å². The first-order valence-corrected chi connectivity index (χ1v) is 4.70. The number of methoxy groups -OCH3 is 1. The first-order valence-electron chi connectivity index (χ1n) is 4.70. The van der Waals surface area contributed by atoms with Crippen LogP contribution in [0.4, 0.5) is 4.39 Å². The summed E-state index contributed by atoms with van der Waals surface area (Å²) >= 11 is 0. The molecular formula is C12H12FNO2. The first kappa shape index (κ1) is 12.1. The third-order valence-corrected chi connectivity index (χ3v) is 1.81. The fraction of sp³-hybridized carbons (Fsp3) is 0.250. The van der Waals surface area contributed by atoms with Gasteiger partial charge >= 0.3 is 0 Å². The van der Waals surface area contributed by atoms with E-state index in [-0.39, 0.29) is 18.3 Å². The van der Waals surface area contributed by atoms with E-state index in [0.29, 0.717) is 11.3 Å². The summed E-state index contributed by atoms with van der Waals surface area (Å²) in [7, 11) is 1.49. The SMILES string of the molecule is COc1ccc(F)cc1C#CCNC(C)=O. The maximum absolute atomic E-state index is 12.9. The van der Waals surface area contributed by atoms with Crippen molar-refractivity contribution in [3.63, 3.8) is 0 Å². The number of amides is 1. The zero-order chi connectivity index (χ0) is 12.0. The Balaban J connectivity index is 2.78. The van der Waals surface area contributed by atoms with Gasteiger partial charge in [0.05, 0.1) is 19.2 Å². The quantitative estimate of drug-likeness (QED) is 0.765. The molecule has 3 nitrogen and oxygen atoms in total. The Bertz CT molecular complexity index is 446. The molecule has 0 aliphatic heterocycles. The van der Waals surface area contributed by atoms with Gasteiger partial charge in [0.15, 0.2) is 0 Å².